The number of amides is 1. The summed E-state index contributed by atoms with van der Waals surface area (Å²) >= 11 is 1.52. The largest absolute Gasteiger partial charge is 0.337 e. The lowest BCUT2D eigenvalue weighted by Crippen LogP contribution is -2.32. The van der Waals surface area contributed by atoms with Crippen LogP contribution in [0.3, 0.4) is 0 Å². The Kier molecular flexibility index (Phi) is 6.50. The fourth-order valence-corrected chi connectivity index (χ4v) is 5.05. The van der Waals surface area contributed by atoms with Crippen LogP contribution < -0.4 is 4.90 Å². The second-order valence-corrected chi connectivity index (χ2v) is 9.31. The molecule has 174 valence electrons. The van der Waals surface area contributed by atoms with Gasteiger partial charge in [-0.2, -0.15) is 0 Å². The first kappa shape index (κ1) is 22.7. The van der Waals surface area contributed by atoms with Gasteiger partial charge in [0, 0.05) is 42.2 Å². The fourth-order valence-electron chi connectivity index (χ4n) is 3.98. The Hall–Kier alpha value is -4.10. The van der Waals surface area contributed by atoms with Gasteiger partial charge in [-0.1, -0.05) is 65.9 Å². The zero-order valence-electron chi connectivity index (χ0n) is 19.3. The van der Waals surface area contributed by atoms with E-state index in [1.807, 2.05) is 54.1 Å². The lowest BCUT2D eigenvalue weighted by atomic mass is 10.0. The van der Waals surface area contributed by atoms with Gasteiger partial charge in [0.05, 0.1) is 16.5 Å². The second-order valence-electron chi connectivity index (χ2n) is 8.30. The van der Waals surface area contributed by atoms with E-state index in [0.717, 1.165) is 28.7 Å². The topological polar surface area (TPSA) is 68.1 Å². The van der Waals surface area contributed by atoms with Crippen molar-refractivity contribution >= 4 is 38.4 Å². The Morgan fingerprint density at radius 2 is 1.66 bits per heavy atom. The number of carbonyl (C=O) groups excluding carboxylic acids is 2. The molecule has 0 saturated heterocycles. The van der Waals surface area contributed by atoms with E-state index in [4.69, 9.17) is 4.98 Å². The van der Waals surface area contributed by atoms with E-state index in [9.17, 15) is 9.59 Å². The number of fused-ring (bicyclic) bond motifs is 1. The first-order valence-corrected chi connectivity index (χ1v) is 12.3. The SMILES string of the molecule is Cc1cccc2sc(N(CCCn3ccnc3)C(=O)c3ccc(C(=O)c4ccccc4)cc3)nc12. The van der Waals surface area contributed by atoms with Crippen LogP contribution in [0.15, 0.2) is 91.5 Å². The number of aromatic nitrogens is 3. The average Bonchev–Trinajstić information content (AvgIpc) is 3.57. The molecular formula is C28H24N4O2S. The van der Waals surface area contributed by atoms with Gasteiger partial charge in [-0.25, -0.2) is 9.97 Å². The van der Waals surface area contributed by atoms with Crippen LogP contribution in [0, 0.1) is 6.92 Å². The Morgan fingerprint density at radius 1 is 0.914 bits per heavy atom. The van der Waals surface area contributed by atoms with Crippen molar-refractivity contribution in [2.24, 2.45) is 0 Å². The van der Waals surface area contributed by atoms with Crippen molar-refractivity contribution in [3.05, 3.63) is 114 Å². The Bertz CT molecular complexity index is 1460. The maximum atomic E-state index is 13.6. The van der Waals surface area contributed by atoms with E-state index in [1.54, 1.807) is 53.8 Å². The highest BCUT2D eigenvalue weighted by atomic mass is 32.1. The van der Waals surface area contributed by atoms with E-state index in [-0.39, 0.29) is 11.7 Å². The number of para-hydroxylation sites is 1. The summed E-state index contributed by atoms with van der Waals surface area (Å²) in [5.41, 5.74) is 3.70. The van der Waals surface area contributed by atoms with E-state index in [1.165, 1.54) is 11.3 Å². The second kappa shape index (κ2) is 10.0. The molecule has 0 aliphatic carbocycles. The van der Waals surface area contributed by atoms with Gasteiger partial charge < -0.3 is 4.57 Å². The molecule has 6 nitrogen and oxygen atoms in total. The molecule has 0 spiro atoms. The molecule has 3 aromatic carbocycles. The number of hydrogen-bond donors (Lipinski definition) is 0. The van der Waals surface area contributed by atoms with Crippen molar-refractivity contribution in [1.82, 2.24) is 14.5 Å². The third kappa shape index (κ3) is 4.90. The van der Waals surface area contributed by atoms with E-state index in [0.29, 0.717) is 28.4 Å². The molecule has 0 unspecified atom stereocenters. The normalized spacial score (nSPS) is 11.0. The number of anilines is 1. The number of hydrogen-bond acceptors (Lipinski definition) is 5. The van der Waals surface area contributed by atoms with Gasteiger partial charge in [-0.3, -0.25) is 14.5 Å². The van der Waals surface area contributed by atoms with Crippen LogP contribution in [0.4, 0.5) is 5.13 Å². The van der Waals surface area contributed by atoms with Crippen LogP contribution in [-0.4, -0.2) is 32.8 Å². The number of nitrogens with zero attached hydrogens (tertiary/aromatic N) is 4. The third-order valence-corrected chi connectivity index (χ3v) is 6.92. The van der Waals surface area contributed by atoms with Crippen LogP contribution in [-0.2, 0) is 6.54 Å². The molecular weight excluding hydrogens is 456 g/mol. The molecule has 0 N–H and O–H groups in total. The summed E-state index contributed by atoms with van der Waals surface area (Å²) in [6, 6.07) is 22.1. The zero-order valence-corrected chi connectivity index (χ0v) is 20.1. The van der Waals surface area contributed by atoms with E-state index < -0.39 is 0 Å². The molecule has 2 heterocycles. The molecule has 5 rings (SSSR count). The van der Waals surface area contributed by atoms with Crippen molar-refractivity contribution in [3.63, 3.8) is 0 Å². The van der Waals surface area contributed by atoms with Gasteiger partial charge in [-0.05, 0) is 37.1 Å². The number of imidazole rings is 1. The number of benzene rings is 3. The van der Waals surface area contributed by atoms with Gasteiger partial charge in [0.2, 0.25) is 0 Å². The molecule has 1 amide bonds. The standard InChI is InChI=1S/C28H24N4O2S/c1-20-7-5-10-24-25(20)30-28(35-24)32(17-6-16-31-18-15-29-19-31)27(34)23-13-11-22(12-14-23)26(33)21-8-3-2-4-9-21/h2-5,7-15,18-19H,6,16-17H2,1H3. The summed E-state index contributed by atoms with van der Waals surface area (Å²) in [6.07, 6.45) is 6.19. The highest BCUT2D eigenvalue weighted by molar-refractivity contribution is 7.22. The van der Waals surface area contributed by atoms with Gasteiger partial charge >= 0.3 is 0 Å². The summed E-state index contributed by atoms with van der Waals surface area (Å²) < 4.78 is 3.05. The van der Waals surface area contributed by atoms with Crippen molar-refractivity contribution < 1.29 is 9.59 Å². The maximum absolute atomic E-state index is 13.6. The third-order valence-electron chi connectivity index (χ3n) is 5.87. The molecule has 0 aliphatic heterocycles. The molecule has 0 atom stereocenters. The minimum atomic E-state index is -0.133. The summed E-state index contributed by atoms with van der Waals surface area (Å²) in [7, 11) is 0. The molecule has 0 bridgehead atoms. The van der Waals surface area contributed by atoms with Crippen LogP contribution in [0.2, 0.25) is 0 Å². The molecule has 0 aliphatic rings. The van der Waals surface area contributed by atoms with Gasteiger partial charge in [0.25, 0.3) is 5.91 Å². The first-order chi connectivity index (χ1) is 17.1. The Morgan fingerprint density at radius 3 is 2.37 bits per heavy atom. The minimum Gasteiger partial charge on any atom is -0.337 e. The minimum absolute atomic E-state index is 0.0663. The molecule has 2 aromatic heterocycles. The van der Waals surface area contributed by atoms with Crippen molar-refractivity contribution in [2.45, 2.75) is 19.9 Å². The van der Waals surface area contributed by atoms with Crippen LogP contribution in [0.5, 0.6) is 0 Å². The first-order valence-electron chi connectivity index (χ1n) is 11.4. The van der Waals surface area contributed by atoms with Crippen LogP contribution in [0.25, 0.3) is 10.2 Å². The monoisotopic (exact) mass is 480 g/mol. The van der Waals surface area contributed by atoms with Crippen LogP contribution in [0.1, 0.15) is 38.3 Å². The zero-order chi connectivity index (χ0) is 24.2. The predicted molar refractivity (Wildman–Crippen MR) is 139 cm³/mol. The summed E-state index contributed by atoms with van der Waals surface area (Å²) in [5, 5.41) is 0.675. The van der Waals surface area contributed by atoms with E-state index >= 15 is 0 Å². The smallest absolute Gasteiger partial charge is 0.260 e. The molecule has 7 heteroatoms. The lowest BCUT2D eigenvalue weighted by molar-refractivity contribution is 0.0984. The van der Waals surface area contributed by atoms with Crippen LogP contribution >= 0.6 is 11.3 Å². The Labute approximate surface area is 207 Å². The summed E-state index contributed by atoms with van der Waals surface area (Å²) in [4.78, 5) is 37.0. The van der Waals surface area contributed by atoms with Crippen molar-refractivity contribution in [3.8, 4) is 0 Å². The number of rotatable bonds is 8. The summed E-state index contributed by atoms with van der Waals surface area (Å²) in [6.45, 7) is 3.29. The molecule has 35 heavy (non-hydrogen) atoms. The Balaban J connectivity index is 1.41. The highest BCUT2D eigenvalue weighted by Gasteiger charge is 2.22. The molecule has 0 fully saturated rings. The average molecular weight is 481 g/mol. The number of aryl methyl sites for hydroxylation is 2. The molecule has 0 radical (unpaired) electrons. The molecule has 0 saturated carbocycles. The van der Waals surface area contributed by atoms with Gasteiger partial charge in [-0.15, -0.1) is 0 Å². The van der Waals surface area contributed by atoms with Crippen molar-refractivity contribution in [2.75, 3.05) is 11.4 Å². The number of thiazole rings is 1. The quantitative estimate of drug-likeness (QED) is 0.265. The van der Waals surface area contributed by atoms with Gasteiger partial charge in [0.15, 0.2) is 10.9 Å². The predicted octanol–water partition coefficient (Wildman–Crippen LogP) is 5.77. The molecule has 5 aromatic rings. The number of ketones is 1. The number of carbonyl (C=O) groups is 2. The van der Waals surface area contributed by atoms with Crippen molar-refractivity contribution in [1.29, 1.82) is 0 Å². The fraction of sp³-hybridized carbons (Fsp3) is 0.143. The maximum Gasteiger partial charge on any atom is 0.260 e. The highest BCUT2D eigenvalue weighted by Crippen LogP contribution is 2.31. The van der Waals surface area contributed by atoms with E-state index in [2.05, 4.69) is 4.98 Å². The summed E-state index contributed by atoms with van der Waals surface area (Å²) in [5.74, 6) is -0.200. The lowest BCUT2D eigenvalue weighted by Gasteiger charge is -2.20. The van der Waals surface area contributed by atoms with Gasteiger partial charge in [0.1, 0.15) is 0 Å².